The second-order valence-corrected chi connectivity index (χ2v) is 4.95. The Morgan fingerprint density at radius 1 is 1.62 bits per heavy atom. The normalized spacial score (nSPS) is 18.3. The average molecular weight is 295 g/mol. The van der Waals surface area contributed by atoms with Crippen LogP contribution in [0.1, 0.15) is 6.42 Å². The number of nitrogens with two attached hydrogens (primary N) is 1. The molecule has 0 aliphatic carbocycles. The van der Waals surface area contributed by atoms with Crippen LogP contribution in [0.25, 0.3) is 0 Å². The van der Waals surface area contributed by atoms with E-state index in [-0.39, 0.29) is 0 Å². The topological polar surface area (TPSA) is 83.5 Å². The number of allylic oxidation sites excluding steroid dienone is 1. The number of carbonyl (C=O) groups is 1. The van der Waals surface area contributed by atoms with Crippen LogP contribution in [0.4, 0.5) is 0 Å². The van der Waals surface area contributed by atoms with Gasteiger partial charge in [-0.25, -0.2) is 0 Å². The number of aliphatic hydroxyl groups excluding tert-OH is 1. The van der Waals surface area contributed by atoms with Gasteiger partial charge in [-0.05, 0) is 22.2 Å². The minimum atomic E-state index is -0.994. The summed E-state index contributed by atoms with van der Waals surface area (Å²) >= 11 is -0.465. The third kappa shape index (κ3) is 3.37. The standard InChI is InChI=1S/C8H10INO3/c10-6(8(12)13)3-5-1-2-7(11)9-4-5/h1-2,4,6,11H,3,10H2,(H,12,13)/t6-/m0/s1. The van der Waals surface area contributed by atoms with E-state index < -0.39 is 32.7 Å². The molecule has 4 N–H and O–H groups in total. The van der Waals surface area contributed by atoms with Gasteiger partial charge < -0.3 is 15.9 Å². The van der Waals surface area contributed by atoms with Crippen molar-refractivity contribution in [3.8, 4) is 0 Å². The Morgan fingerprint density at radius 2 is 2.31 bits per heavy atom. The van der Waals surface area contributed by atoms with Gasteiger partial charge in [0.15, 0.2) is 0 Å². The molecule has 0 saturated heterocycles. The molecule has 0 spiro atoms. The summed E-state index contributed by atoms with van der Waals surface area (Å²) in [5.74, 6) is -0.994. The number of aliphatic carboxylic acids is 1. The molecular formula is C8H10INO3. The third-order valence-electron chi connectivity index (χ3n) is 1.51. The van der Waals surface area contributed by atoms with E-state index in [0.29, 0.717) is 10.1 Å². The first-order chi connectivity index (χ1) is 6.09. The fourth-order valence-corrected chi connectivity index (χ4v) is 2.40. The number of carboxylic acids is 1. The molecular weight excluding hydrogens is 285 g/mol. The monoisotopic (exact) mass is 295 g/mol. The lowest BCUT2D eigenvalue weighted by Crippen LogP contribution is -2.30. The van der Waals surface area contributed by atoms with Crippen LogP contribution in [0.15, 0.2) is 21.8 Å². The van der Waals surface area contributed by atoms with Gasteiger partial charge in [0.05, 0.1) is 0 Å². The van der Waals surface area contributed by atoms with Crippen molar-refractivity contribution < 1.29 is 15.0 Å². The summed E-state index contributed by atoms with van der Waals surface area (Å²) in [5.41, 5.74) is 6.25. The maximum Gasteiger partial charge on any atom is 0.320 e. The van der Waals surface area contributed by atoms with Gasteiger partial charge in [0.2, 0.25) is 0 Å². The molecule has 0 aromatic heterocycles. The zero-order chi connectivity index (χ0) is 9.84. The predicted octanol–water partition coefficient (Wildman–Crippen LogP) is 0.715. The summed E-state index contributed by atoms with van der Waals surface area (Å²) in [4.78, 5) is 10.4. The number of carboxylic acid groups (broad SMARTS) is 1. The van der Waals surface area contributed by atoms with Gasteiger partial charge in [-0.15, -0.1) is 0 Å². The summed E-state index contributed by atoms with van der Waals surface area (Å²) in [6.45, 7) is 0. The van der Waals surface area contributed by atoms with Crippen LogP contribution in [-0.4, -0.2) is 25.9 Å². The lowest BCUT2D eigenvalue weighted by atomic mass is 10.1. The summed E-state index contributed by atoms with van der Waals surface area (Å²) in [6, 6.07) is -0.847. The van der Waals surface area contributed by atoms with E-state index in [9.17, 15) is 4.79 Å². The Kier molecular flexibility index (Phi) is 3.76. The van der Waals surface area contributed by atoms with Gasteiger partial charge in [0.25, 0.3) is 0 Å². The van der Waals surface area contributed by atoms with Crippen molar-refractivity contribution in [3.63, 3.8) is 0 Å². The van der Waals surface area contributed by atoms with E-state index in [4.69, 9.17) is 15.9 Å². The van der Waals surface area contributed by atoms with Crippen molar-refractivity contribution >= 4 is 30.4 Å². The van der Waals surface area contributed by atoms with Crippen LogP contribution >= 0.6 is 20.7 Å². The third-order valence-corrected chi connectivity index (χ3v) is 3.62. The Labute approximate surface area is 85.5 Å². The lowest BCUT2D eigenvalue weighted by Gasteiger charge is -2.08. The van der Waals surface area contributed by atoms with Crippen molar-refractivity contribution in [2.24, 2.45) is 5.73 Å². The molecule has 0 saturated carbocycles. The fraction of sp³-hybridized carbons (Fsp3) is 0.250. The average Bonchev–Trinajstić information content (AvgIpc) is 2.08. The Hall–Kier alpha value is -0.530. The van der Waals surface area contributed by atoms with Crippen LogP contribution < -0.4 is 5.73 Å². The number of aliphatic hydroxyl groups is 1. The highest BCUT2D eigenvalue weighted by Crippen LogP contribution is 2.18. The molecule has 1 atom stereocenters. The maximum atomic E-state index is 10.4. The van der Waals surface area contributed by atoms with Gasteiger partial charge in [-0.2, -0.15) is 0 Å². The van der Waals surface area contributed by atoms with Crippen LogP contribution in [0.3, 0.4) is 0 Å². The van der Waals surface area contributed by atoms with E-state index >= 15 is 0 Å². The zero-order valence-electron chi connectivity index (χ0n) is 6.77. The van der Waals surface area contributed by atoms with Crippen molar-refractivity contribution in [2.75, 3.05) is 0 Å². The molecule has 0 fully saturated rings. The molecule has 13 heavy (non-hydrogen) atoms. The van der Waals surface area contributed by atoms with E-state index in [1.807, 2.05) is 4.08 Å². The second-order valence-electron chi connectivity index (χ2n) is 2.60. The van der Waals surface area contributed by atoms with Crippen molar-refractivity contribution in [1.82, 2.24) is 0 Å². The van der Waals surface area contributed by atoms with Crippen molar-refractivity contribution in [2.45, 2.75) is 12.5 Å². The van der Waals surface area contributed by atoms with Gasteiger partial charge in [-0.3, -0.25) is 4.79 Å². The van der Waals surface area contributed by atoms with E-state index in [0.717, 1.165) is 5.57 Å². The van der Waals surface area contributed by atoms with Gasteiger partial charge in [0, 0.05) is 0 Å². The Balaban J connectivity index is 2.58. The molecule has 72 valence electrons. The molecule has 0 unspecified atom stereocenters. The molecule has 1 heterocycles. The largest absolute Gasteiger partial charge is 0.480 e. The summed E-state index contributed by atoms with van der Waals surface area (Å²) in [5, 5.41) is 17.6. The van der Waals surface area contributed by atoms with Crippen molar-refractivity contribution in [1.29, 1.82) is 0 Å². The molecule has 1 rings (SSSR count). The number of halogens is 1. The van der Waals surface area contributed by atoms with Crippen LogP contribution in [0.2, 0.25) is 0 Å². The first kappa shape index (κ1) is 10.6. The van der Waals surface area contributed by atoms with Crippen LogP contribution in [0.5, 0.6) is 0 Å². The highest BCUT2D eigenvalue weighted by atomic mass is 127. The molecule has 4 nitrogen and oxygen atoms in total. The van der Waals surface area contributed by atoms with Crippen LogP contribution in [0, 0.1) is 0 Å². The molecule has 1 aliphatic heterocycles. The molecule has 0 amide bonds. The first-order valence-corrected chi connectivity index (χ1v) is 5.97. The van der Waals surface area contributed by atoms with Gasteiger partial charge in [-0.1, -0.05) is 26.8 Å². The molecule has 0 aromatic carbocycles. The molecule has 0 aromatic rings. The minimum Gasteiger partial charge on any atom is -0.480 e. The Bertz CT molecular complexity index is 307. The summed E-state index contributed by atoms with van der Waals surface area (Å²) in [6.07, 6.45) is 3.65. The highest BCUT2D eigenvalue weighted by molar-refractivity contribution is 14.2. The van der Waals surface area contributed by atoms with E-state index in [1.165, 1.54) is 0 Å². The number of hydrogen-bond donors (Lipinski definition) is 3. The van der Waals surface area contributed by atoms with Gasteiger partial charge >= 0.3 is 5.97 Å². The smallest absolute Gasteiger partial charge is 0.320 e. The van der Waals surface area contributed by atoms with E-state index in [1.54, 1.807) is 12.2 Å². The summed E-state index contributed by atoms with van der Waals surface area (Å²) < 4.78 is 2.28. The molecule has 0 bridgehead atoms. The second kappa shape index (κ2) is 4.64. The van der Waals surface area contributed by atoms with Crippen LogP contribution in [-0.2, 0) is 4.79 Å². The molecule has 1 aliphatic rings. The molecule has 5 heteroatoms. The fourth-order valence-electron chi connectivity index (χ4n) is 0.828. The van der Waals surface area contributed by atoms with Gasteiger partial charge in [0.1, 0.15) is 9.74 Å². The Morgan fingerprint density at radius 3 is 2.77 bits per heavy atom. The number of hydrogen-bond acceptors (Lipinski definition) is 3. The predicted molar refractivity (Wildman–Crippen MR) is 58.4 cm³/mol. The van der Waals surface area contributed by atoms with E-state index in [2.05, 4.69) is 0 Å². The molecule has 0 radical (unpaired) electrons. The van der Waals surface area contributed by atoms with Crippen molar-refractivity contribution in [3.05, 3.63) is 21.8 Å². The maximum absolute atomic E-state index is 10.4. The highest BCUT2D eigenvalue weighted by Gasteiger charge is 2.12. The SMILES string of the molecule is N[C@@H](CC1=CI=C(O)C=C1)C(=O)O. The minimum absolute atomic E-state index is 0.332. The quantitative estimate of drug-likeness (QED) is 0.670. The first-order valence-electron chi connectivity index (χ1n) is 3.64. The number of rotatable bonds is 3. The zero-order valence-corrected chi connectivity index (χ0v) is 8.93. The lowest BCUT2D eigenvalue weighted by molar-refractivity contribution is -0.138. The summed E-state index contributed by atoms with van der Waals surface area (Å²) in [7, 11) is 0.